The molecule has 156 valence electrons. The first-order chi connectivity index (χ1) is 14.1. The second-order valence-corrected chi connectivity index (χ2v) is 44.8. The molecule has 6 heteroatoms. The van der Waals surface area contributed by atoms with Crippen molar-refractivity contribution in [2.45, 2.75) is 29.6 Å². The van der Waals surface area contributed by atoms with Crippen molar-refractivity contribution in [2.75, 3.05) is 0 Å². The van der Waals surface area contributed by atoms with Gasteiger partial charge in [0.05, 0.1) is 0 Å². The molecule has 0 spiro atoms. The molecule has 0 nitrogen and oxygen atoms in total. The molecule has 4 aromatic rings. The van der Waals surface area contributed by atoms with Gasteiger partial charge in [0.2, 0.25) is 0 Å². The van der Waals surface area contributed by atoms with Crippen LogP contribution in [0.5, 0.6) is 0 Å². The minimum atomic E-state index is -1.96. The molecular formula is C24H28S4Sn2. The van der Waals surface area contributed by atoms with Gasteiger partial charge >= 0.3 is 207 Å². The fourth-order valence-corrected chi connectivity index (χ4v) is 17.6. The molecule has 0 aliphatic heterocycles. The van der Waals surface area contributed by atoms with Crippen LogP contribution in [0, 0.1) is 0 Å². The molecule has 0 aromatic carbocycles. The van der Waals surface area contributed by atoms with Crippen LogP contribution in [0.25, 0.3) is 31.7 Å². The molecule has 0 unspecified atom stereocenters. The van der Waals surface area contributed by atoms with Crippen LogP contribution in [0.2, 0.25) is 29.6 Å². The number of rotatable bonds is 6. The van der Waals surface area contributed by atoms with Gasteiger partial charge in [0.1, 0.15) is 0 Å². The minimum absolute atomic E-state index is 1.33. The summed E-state index contributed by atoms with van der Waals surface area (Å²) in [5.74, 6) is 0. The van der Waals surface area contributed by atoms with Gasteiger partial charge in [-0.15, -0.1) is 0 Å². The van der Waals surface area contributed by atoms with Gasteiger partial charge in [0.25, 0.3) is 0 Å². The molecule has 0 radical (unpaired) electrons. The molecular weight excluding hydrogens is 654 g/mol. The van der Waals surface area contributed by atoms with Crippen molar-refractivity contribution in [3.63, 3.8) is 0 Å². The van der Waals surface area contributed by atoms with E-state index in [0.29, 0.717) is 0 Å². The SMILES string of the molecule is [CH3][Sn]([CH3])([CH3])[c]1ccc(-c2ccc(/C=C/c3ccc(-c4cc[c]([Sn]([CH3])([CH3])[CH3])s4)s3)s2)s1. The molecule has 30 heavy (non-hydrogen) atoms. The summed E-state index contributed by atoms with van der Waals surface area (Å²) in [7, 11) is 0. The van der Waals surface area contributed by atoms with Gasteiger partial charge in [-0.25, -0.2) is 0 Å². The quantitative estimate of drug-likeness (QED) is 0.179. The van der Waals surface area contributed by atoms with Crippen molar-refractivity contribution in [1.82, 2.24) is 0 Å². The summed E-state index contributed by atoms with van der Waals surface area (Å²) in [5, 5.41) is 0. The Morgan fingerprint density at radius 1 is 0.467 bits per heavy atom. The fourth-order valence-electron chi connectivity index (χ4n) is 3.06. The second kappa shape index (κ2) is 9.18. The molecule has 0 fully saturated rings. The van der Waals surface area contributed by atoms with E-state index in [-0.39, 0.29) is 0 Å². The van der Waals surface area contributed by atoms with E-state index in [1.54, 1.807) is 5.79 Å². The normalized spacial score (nSPS) is 12.9. The zero-order valence-electron chi connectivity index (χ0n) is 18.4. The Balaban J connectivity index is 1.48. The molecule has 0 amide bonds. The van der Waals surface area contributed by atoms with Crippen LogP contribution in [-0.4, -0.2) is 36.8 Å². The van der Waals surface area contributed by atoms with E-state index in [2.05, 4.69) is 90.3 Å². The molecule has 0 saturated heterocycles. The standard InChI is InChI=1S/C18H10S4.6CH3.2Sn/c1-3-15(19-11-1)17-9-7-13(21-17)5-6-14-8-10-18(22-14)16-4-2-12-20-16;;;;;;;;/h1-10H;6*1H3;;/b6-5+;;;;;;;;. The van der Waals surface area contributed by atoms with E-state index in [0.717, 1.165) is 0 Å². The van der Waals surface area contributed by atoms with Gasteiger partial charge in [0.15, 0.2) is 0 Å². The Morgan fingerprint density at radius 2 is 0.800 bits per heavy atom. The Labute approximate surface area is 205 Å². The summed E-state index contributed by atoms with van der Waals surface area (Å²) in [6.45, 7) is 0. The van der Waals surface area contributed by atoms with Crippen molar-refractivity contribution in [1.29, 1.82) is 0 Å². The average molecular weight is 682 g/mol. The summed E-state index contributed by atoms with van der Waals surface area (Å²) in [4.78, 5) is 23.3. The van der Waals surface area contributed by atoms with Crippen LogP contribution < -0.4 is 5.79 Å². The molecule has 4 rings (SSSR count). The predicted molar refractivity (Wildman–Crippen MR) is 150 cm³/mol. The van der Waals surface area contributed by atoms with Crippen LogP contribution in [-0.2, 0) is 0 Å². The summed E-state index contributed by atoms with van der Waals surface area (Å²) in [6.07, 6.45) is 4.54. The zero-order chi connectivity index (χ0) is 21.5. The van der Waals surface area contributed by atoms with Crippen molar-refractivity contribution in [3.05, 3.63) is 58.3 Å². The van der Waals surface area contributed by atoms with Crippen LogP contribution in [0.15, 0.2) is 48.5 Å². The van der Waals surface area contributed by atoms with E-state index in [1.807, 2.05) is 45.3 Å². The molecule has 0 aliphatic rings. The second-order valence-electron chi connectivity index (χ2n) is 9.57. The maximum atomic E-state index is 2.49. The summed E-state index contributed by atoms with van der Waals surface area (Å²) in [5.41, 5.74) is 0. The predicted octanol–water partition coefficient (Wildman–Crippen LogP) is 8.53. The number of hydrogen-bond donors (Lipinski definition) is 0. The molecule has 0 bridgehead atoms. The monoisotopic (exact) mass is 684 g/mol. The third-order valence-corrected chi connectivity index (χ3v) is 28.5. The van der Waals surface area contributed by atoms with Crippen LogP contribution in [0.3, 0.4) is 0 Å². The summed E-state index contributed by atoms with van der Waals surface area (Å²) in [6, 6.07) is 18.5. The Bertz CT molecular complexity index is 1080. The van der Waals surface area contributed by atoms with E-state index >= 15 is 0 Å². The van der Waals surface area contributed by atoms with Crippen molar-refractivity contribution in [2.24, 2.45) is 0 Å². The van der Waals surface area contributed by atoms with Crippen LogP contribution >= 0.6 is 45.3 Å². The average Bonchev–Trinajstić information content (AvgIpc) is 3.45. The van der Waals surface area contributed by atoms with E-state index in [4.69, 9.17) is 0 Å². The van der Waals surface area contributed by atoms with Gasteiger partial charge in [-0.05, 0) is 0 Å². The fraction of sp³-hybridized carbons (Fsp3) is 0.250. The van der Waals surface area contributed by atoms with Gasteiger partial charge in [0, 0.05) is 0 Å². The number of thiophene rings is 4. The van der Waals surface area contributed by atoms with Crippen molar-refractivity contribution < 1.29 is 0 Å². The summed E-state index contributed by atoms with van der Waals surface area (Å²) < 4.78 is 3.31. The first kappa shape index (κ1) is 23.3. The van der Waals surface area contributed by atoms with Crippen LogP contribution in [0.1, 0.15) is 9.75 Å². The van der Waals surface area contributed by atoms with Gasteiger partial charge in [-0.1, -0.05) is 0 Å². The van der Waals surface area contributed by atoms with Crippen LogP contribution in [0.4, 0.5) is 0 Å². The summed E-state index contributed by atoms with van der Waals surface area (Å²) >= 11 is 3.91. The number of hydrogen-bond acceptors (Lipinski definition) is 4. The molecule has 0 N–H and O–H groups in total. The zero-order valence-corrected chi connectivity index (χ0v) is 27.4. The van der Waals surface area contributed by atoms with E-state index in [9.17, 15) is 0 Å². The molecule has 0 atom stereocenters. The topological polar surface area (TPSA) is 0 Å². The third kappa shape index (κ3) is 5.54. The first-order valence-corrected chi connectivity index (χ1v) is 33.4. The molecule has 0 saturated carbocycles. The van der Waals surface area contributed by atoms with Gasteiger partial charge in [-0.3, -0.25) is 0 Å². The molecule has 4 heterocycles. The molecule has 4 aromatic heterocycles. The van der Waals surface area contributed by atoms with Gasteiger partial charge < -0.3 is 0 Å². The first-order valence-electron chi connectivity index (χ1n) is 10.2. The Hall–Kier alpha value is 0.137. The van der Waals surface area contributed by atoms with Crippen molar-refractivity contribution >= 4 is 100 Å². The molecule has 0 aliphatic carbocycles. The van der Waals surface area contributed by atoms with E-state index < -0.39 is 36.8 Å². The third-order valence-electron chi connectivity index (χ3n) is 4.84. The Morgan fingerprint density at radius 3 is 1.13 bits per heavy atom. The van der Waals surface area contributed by atoms with Crippen molar-refractivity contribution in [3.8, 4) is 19.5 Å². The van der Waals surface area contributed by atoms with E-state index in [1.165, 1.54) is 29.3 Å². The maximum absolute atomic E-state index is 2.49. The van der Waals surface area contributed by atoms with Gasteiger partial charge in [-0.2, -0.15) is 0 Å². The Kier molecular flexibility index (Phi) is 7.13.